The number of amides is 3. The fourth-order valence-corrected chi connectivity index (χ4v) is 4.11. The Labute approximate surface area is 217 Å². The van der Waals surface area contributed by atoms with Gasteiger partial charge in [-0.15, -0.1) is 0 Å². The zero-order valence-corrected chi connectivity index (χ0v) is 23.8. The van der Waals surface area contributed by atoms with Gasteiger partial charge in [-0.3, -0.25) is 9.59 Å². The van der Waals surface area contributed by atoms with E-state index >= 15 is 0 Å². The summed E-state index contributed by atoms with van der Waals surface area (Å²) in [6, 6.07) is 5.71. The first-order valence-corrected chi connectivity index (χ1v) is 13.1. The van der Waals surface area contributed by atoms with E-state index in [2.05, 4.69) is 30.2 Å². The van der Waals surface area contributed by atoms with Crippen LogP contribution in [0.3, 0.4) is 0 Å². The summed E-state index contributed by atoms with van der Waals surface area (Å²) in [4.78, 5) is 41.9. The van der Waals surface area contributed by atoms with Crippen molar-refractivity contribution in [2.45, 2.75) is 111 Å². The van der Waals surface area contributed by atoms with Crippen molar-refractivity contribution in [1.82, 2.24) is 15.5 Å². The van der Waals surface area contributed by atoms with Crippen LogP contribution in [0.25, 0.3) is 0 Å². The van der Waals surface area contributed by atoms with Gasteiger partial charge in [-0.2, -0.15) is 12.6 Å². The molecule has 1 rings (SSSR count). The van der Waals surface area contributed by atoms with Gasteiger partial charge in [0.1, 0.15) is 17.7 Å². The number of carbonyl (C=O) groups is 3. The second-order valence-electron chi connectivity index (χ2n) is 10.7. The van der Waals surface area contributed by atoms with Crippen LogP contribution in [0.2, 0.25) is 0 Å². The van der Waals surface area contributed by atoms with Crippen LogP contribution in [0.5, 0.6) is 0 Å². The quantitative estimate of drug-likeness (QED) is 0.360. The number of nitrogens with zero attached hydrogens (tertiary/aromatic N) is 1. The summed E-state index contributed by atoms with van der Waals surface area (Å²) in [7, 11) is 0. The topological polar surface area (TPSA) is 87.7 Å². The third kappa shape index (κ3) is 9.06. The molecule has 3 atom stereocenters. The lowest BCUT2D eigenvalue weighted by Crippen LogP contribution is -2.60. The molecule has 1 aromatic rings. The van der Waals surface area contributed by atoms with Crippen molar-refractivity contribution >= 4 is 30.5 Å². The standard InChI is InChI=1S/C27H45N3O4S/c1-10-14-19(4)28-23(31)22(20-16-13-12-15-18(20)3)30(27(8,9)11-2)24(32)21(17-35)29-25(33)34-26(5,6)7/h12-13,15-16,19,21-22,35H,10-11,14,17H2,1-9H3,(H,28,31)(H,29,33). The lowest BCUT2D eigenvalue weighted by atomic mass is 9.90. The van der Waals surface area contributed by atoms with Gasteiger partial charge in [-0.05, 0) is 72.4 Å². The van der Waals surface area contributed by atoms with Gasteiger partial charge in [0.25, 0.3) is 0 Å². The zero-order chi connectivity index (χ0) is 27.0. The minimum absolute atomic E-state index is 0.0405. The first-order valence-electron chi connectivity index (χ1n) is 12.5. The minimum atomic E-state index is -0.966. The van der Waals surface area contributed by atoms with Gasteiger partial charge in [-0.1, -0.05) is 44.5 Å². The number of aryl methyl sites for hydroxylation is 1. The Morgan fingerprint density at radius 3 is 2.14 bits per heavy atom. The number of hydrogen-bond donors (Lipinski definition) is 3. The summed E-state index contributed by atoms with van der Waals surface area (Å²) in [5, 5.41) is 5.76. The molecule has 0 spiro atoms. The monoisotopic (exact) mass is 507 g/mol. The maximum absolute atomic E-state index is 14.0. The van der Waals surface area contributed by atoms with Gasteiger partial charge in [-0.25, -0.2) is 4.79 Å². The highest BCUT2D eigenvalue weighted by Crippen LogP contribution is 2.33. The molecule has 0 aliphatic carbocycles. The SMILES string of the molecule is CCCC(C)NC(=O)C(c1ccccc1C)N(C(=O)C(CS)NC(=O)OC(C)(C)C)C(C)(C)CC. The van der Waals surface area contributed by atoms with Gasteiger partial charge in [0.05, 0.1) is 0 Å². The summed E-state index contributed by atoms with van der Waals surface area (Å²) in [5.41, 5.74) is 0.253. The summed E-state index contributed by atoms with van der Waals surface area (Å²) >= 11 is 4.35. The molecule has 7 nitrogen and oxygen atoms in total. The summed E-state index contributed by atoms with van der Waals surface area (Å²) in [6.07, 6.45) is 1.66. The van der Waals surface area contributed by atoms with Crippen molar-refractivity contribution in [2.24, 2.45) is 0 Å². The molecule has 0 heterocycles. The average molecular weight is 508 g/mol. The lowest BCUT2D eigenvalue weighted by Gasteiger charge is -2.45. The fourth-order valence-electron chi connectivity index (χ4n) is 3.87. The molecule has 1 aromatic carbocycles. The normalized spacial score (nSPS) is 14.5. The molecule has 2 N–H and O–H groups in total. The fraction of sp³-hybridized carbons (Fsp3) is 0.667. The van der Waals surface area contributed by atoms with Crippen LogP contribution in [0.1, 0.15) is 91.8 Å². The van der Waals surface area contributed by atoms with Crippen LogP contribution in [0.4, 0.5) is 4.79 Å². The second-order valence-corrected chi connectivity index (χ2v) is 11.1. The molecule has 0 aromatic heterocycles. The van der Waals surface area contributed by atoms with Crippen LogP contribution >= 0.6 is 12.6 Å². The van der Waals surface area contributed by atoms with Crippen LogP contribution in [0.15, 0.2) is 24.3 Å². The minimum Gasteiger partial charge on any atom is -0.444 e. The van der Waals surface area contributed by atoms with Gasteiger partial charge < -0.3 is 20.3 Å². The maximum atomic E-state index is 14.0. The van der Waals surface area contributed by atoms with Gasteiger partial charge in [0, 0.05) is 17.3 Å². The van der Waals surface area contributed by atoms with Crippen LogP contribution in [0, 0.1) is 6.92 Å². The average Bonchev–Trinajstić information content (AvgIpc) is 2.74. The number of alkyl carbamates (subject to hydrolysis) is 1. The number of benzene rings is 1. The van der Waals surface area contributed by atoms with Crippen LogP contribution < -0.4 is 10.6 Å². The highest BCUT2D eigenvalue weighted by atomic mass is 32.1. The van der Waals surface area contributed by atoms with Crippen molar-refractivity contribution in [3.8, 4) is 0 Å². The van der Waals surface area contributed by atoms with E-state index < -0.39 is 29.3 Å². The van der Waals surface area contributed by atoms with Gasteiger partial charge in [0.15, 0.2) is 0 Å². The molecule has 198 valence electrons. The van der Waals surface area contributed by atoms with E-state index in [1.54, 1.807) is 25.7 Å². The third-order valence-corrected chi connectivity index (χ3v) is 6.39. The smallest absolute Gasteiger partial charge is 0.408 e. The van der Waals surface area contributed by atoms with E-state index in [4.69, 9.17) is 4.74 Å². The predicted octanol–water partition coefficient (Wildman–Crippen LogP) is 5.18. The third-order valence-electron chi connectivity index (χ3n) is 6.03. The molecule has 8 heteroatoms. The van der Waals surface area contributed by atoms with E-state index in [9.17, 15) is 14.4 Å². The van der Waals surface area contributed by atoms with Gasteiger partial charge in [0.2, 0.25) is 11.8 Å². The first-order chi connectivity index (χ1) is 16.2. The van der Waals surface area contributed by atoms with Crippen LogP contribution in [-0.4, -0.2) is 51.8 Å². The molecule has 35 heavy (non-hydrogen) atoms. The molecule has 0 aliphatic rings. The van der Waals surface area contributed by atoms with E-state index in [0.29, 0.717) is 6.42 Å². The van der Waals surface area contributed by atoms with E-state index in [0.717, 1.165) is 24.0 Å². The highest BCUT2D eigenvalue weighted by Gasteiger charge is 2.43. The van der Waals surface area contributed by atoms with E-state index in [1.165, 1.54) is 0 Å². The summed E-state index contributed by atoms with van der Waals surface area (Å²) in [6.45, 7) is 17.1. The molecule has 0 fully saturated rings. The molecule has 0 saturated heterocycles. The maximum Gasteiger partial charge on any atom is 0.408 e. The zero-order valence-electron chi connectivity index (χ0n) is 22.9. The van der Waals surface area contributed by atoms with Gasteiger partial charge >= 0.3 is 6.09 Å². The highest BCUT2D eigenvalue weighted by molar-refractivity contribution is 7.80. The molecule has 0 saturated carbocycles. The van der Waals surface area contributed by atoms with Crippen molar-refractivity contribution in [3.63, 3.8) is 0 Å². The molecule has 0 radical (unpaired) electrons. The lowest BCUT2D eigenvalue weighted by molar-refractivity contribution is -0.149. The Morgan fingerprint density at radius 1 is 1.06 bits per heavy atom. The van der Waals surface area contributed by atoms with E-state index in [1.807, 2.05) is 58.9 Å². The first kappa shape index (κ1) is 30.8. The Bertz CT molecular complexity index is 866. The molecular weight excluding hydrogens is 462 g/mol. The largest absolute Gasteiger partial charge is 0.444 e. The van der Waals surface area contributed by atoms with Crippen molar-refractivity contribution in [3.05, 3.63) is 35.4 Å². The number of hydrogen-bond acceptors (Lipinski definition) is 5. The summed E-state index contributed by atoms with van der Waals surface area (Å²) < 4.78 is 5.37. The Balaban J connectivity index is 3.56. The van der Waals surface area contributed by atoms with Crippen molar-refractivity contribution in [2.75, 3.05) is 5.75 Å². The number of ether oxygens (including phenoxy) is 1. The molecule has 0 bridgehead atoms. The van der Waals surface area contributed by atoms with Crippen LogP contribution in [-0.2, 0) is 14.3 Å². The van der Waals surface area contributed by atoms with Crippen molar-refractivity contribution in [1.29, 1.82) is 0 Å². The summed E-state index contributed by atoms with van der Waals surface area (Å²) in [5.74, 6) is -0.572. The molecule has 3 amide bonds. The number of thiol groups is 1. The molecule has 0 aliphatic heterocycles. The number of rotatable bonds is 11. The van der Waals surface area contributed by atoms with Crippen molar-refractivity contribution < 1.29 is 19.1 Å². The Hall–Kier alpha value is -2.22. The predicted molar refractivity (Wildman–Crippen MR) is 145 cm³/mol. The molecule has 3 unspecified atom stereocenters. The number of nitrogens with one attached hydrogen (secondary N) is 2. The number of carbonyl (C=O) groups excluding carboxylic acids is 3. The Morgan fingerprint density at radius 2 is 1.66 bits per heavy atom. The molecular formula is C27H45N3O4S. The van der Waals surface area contributed by atoms with E-state index in [-0.39, 0.29) is 23.6 Å². The Kier molecular flexibility index (Phi) is 11.6. The second kappa shape index (κ2) is 13.2.